The van der Waals surface area contributed by atoms with Crippen molar-refractivity contribution in [2.75, 3.05) is 18.9 Å². The quantitative estimate of drug-likeness (QED) is 0.130. The number of hydrogen-bond acceptors (Lipinski definition) is 13. The second kappa shape index (κ2) is 18.3. The topological polar surface area (TPSA) is 335 Å². The van der Waals surface area contributed by atoms with E-state index in [0.717, 1.165) is 16.7 Å². The van der Waals surface area contributed by atoms with Gasteiger partial charge in [-0.15, -0.1) is 11.8 Å². The molecule has 0 radical (unpaired) electrons. The minimum atomic E-state index is -2.36. The van der Waals surface area contributed by atoms with Crippen molar-refractivity contribution in [3.8, 4) is 0 Å². The zero-order chi connectivity index (χ0) is 43.5. The van der Waals surface area contributed by atoms with Gasteiger partial charge in [0.25, 0.3) is 0 Å². The number of aliphatic hydroxyl groups excluding tert-OH is 3. The first-order valence-electron chi connectivity index (χ1n) is 19.0. The Balaban J connectivity index is 1.73. The number of benzene rings is 1. The third-order valence-corrected chi connectivity index (χ3v) is 11.6. The number of aromatic amines is 1. The number of nitrogens with one attached hydrogen (secondary N) is 7. The van der Waals surface area contributed by atoms with Gasteiger partial charge in [0, 0.05) is 42.5 Å². The van der Waals surface area contributed by atoms with Crippen LogP contribution >= 0.6 is 11.8 Å². The Hall–Kier alpha value is -5.29. The van der Waals surface area contributed by atoms with Crippen molar-refractivity contribution in [1.82, 2.24) is 41.8 Å². The van der Waals surface area contributed by atoms with Crippen LogP contribution in [-0.2, 0) is 44.8 Å². The third-order valence-electron chi connectivity index (χ3n) is 10.5. The molecule has 322 valence electrons. The highest BCUT2D eigenvalue weighted by molar-refractivity contribution is 7.99. The molecule has 2 bridgehead atoms. The van der Waals surface area contributed by atoms with Crippen LogP contribution in [-0.4, -0.2) is 157 Å². The summed E-state index contributed by atoms with van der Waals surface area (Å²) < 4.78 is 0. The van der Waals surface area contributed by atoms with Gasteiger partial charge in [0.15, 0.2) is 6.10 Å². The van der Waals surface area contributed by atoms with Gasteiger partial charge < -0.3 is 67.9 Å². The van der Waals surface area contributed by atoms with E-state index < -0.39 is 126 Å². The van der Waals surface area contributed by atoms with Crippen LogP contribution < -0.4 is 37.6 Å². The fourth-order valence-electron chi connectivity index (χ4n) is 7.17. The second-order valence-corrected chi connectivity index (χ2v) is 16.8. The zero-order valence-electron chi connectivity index (χ0n) is 32.8. The molecule has 1 aromatic carbocycles. The number of aliphatic hydroxyl groups is 4. The predicted octanol–water partition coefficient (Wildman–Crippen LogP) is -4.64. The second-order valence-electron chi connectivity index (χ2n) is 15.7. The largest absolute Gasteiger partial charge is 0.393 e. The molecular formula is C37H51N9O12S. The summed E-state index contributed by atoms with van der Waals surface area (Å²) in [7, 11) is 0. The third kappa shape index (κ3) is 10.3. The van der Waals surface area contributed by atoms with Crippen LogP contribution in [0, 0.1) is 5.92 Å². The number of aromatic nitrogens is 1. The maximum absolute atomic E-state index is 14.4. The van der Waals surface area contributed by atoms with Crippen LogP contribution in [0.2, 0.25) is 0 Å². The zero-order valence-corrected chi connectivity index (χ0v) is 33.6. The summed E-state index contributed by atoms with van der Waals surface area (Å²) in [4.78, 5) is 115. The Kier molecular flexibility index (Phi) is 13.9. The molecule has 3 aliphatic heterocycles. The summed E-state index contributed by atoms with van der Waals surface area (Å²) >= 11 is 1.00. The van der Waals surface area contributed by atoms with Crippen LogP contribution in [0.1, 0.15) is 46.1 Å². The van der Waals surface area contributed by atoms with E-state index in [1.807, 2.05) is 0 Å². The number of carbonyl (C=O) groups is 8. The Bertz CT molecular complexity index is 1990. The lowest BCUT2D eigenvalue weighted by Crippen LogP contribution is -2.64. The summed E-state index contributed by atoms with van der Waals surface area (Å²) in [6.45, 7) is 4.37. The van der Waals surface area contributed by atoms with Crippen LogP contribution in [0.3, 0.4) is 0 Å². The van der Waals surface area contributed by atoms with Gasteiger partial charge in [-0.2, -0.15) is 0 Å². The Morgan fingerprint density at radius 3 is 2.20 bits per heavy atom. The summed E-state index contributed by atoms with van der Waals surface area (Å²) in [5.74, 6) is -9.33. The first-order chi connectivity index (χ1) is 27.7. The van der Waals surface area contributed by atoms with Crippen molar-refractivity contribution >= 4 is 69.9 Å². The molecule has 5 rings (SSSR count). The van der Waals surface area contributed by atoms with Crippen LogP contribution in [0.15, 0.2) is 29.3 Å². The molecule has 21 nitrogen and oxygen atoms in total. The molecule has 0 aliphatic carbocycles. The lowest BCUT2D eigenvalue weighted by Gasteiger charge is -2.32. The molecule has 0 spiro atoms. The molecule has 10 atom stereocenters. The van der Waals surface area contributed by atoms with E-state index in [0.29, 0.717) is 21.5 Å². The van der Waals surface area contributed by atoms with E-state index in [9.17, 15) is 58.8 Å². The van der Waals surface area contributed by atoms with E-state index in [-0.39, 0.29) is 25.1 Å². The summed E-state index contributed by atoms with van der Waals surface area (Å²) in [6.07, 6.45) is -4.63. The smallest absolute Gasteiger partial charge is 0.248 e. The van der Waals surface area contributed by atoms with Gasteiger partial charge in [-0.25, -0.2) is 0 Å². The van der Waals surface area contributed by atoms with E-state index in [1.165, 1.54) is 27.7 Å². The molecule has 1 aromatic heterocycles. The lowest BCUT2D eigenvalue weighted by molar-refractivity contribution is -0.143. The molecule has 59 heavy (non-hydrogen) atoms. The van der Waals surface area contributed by atoms with Gasteiger partial charge in [-0.1, -0.05) is 32.0 Å². The van der Waals surface area contributed by atoms with Crippen molar-refractivity contribution in [3.05, 3.63) is 29.8 Å². The maximum Gasteiger partial charge on any atom is 0.248 e. The molecule has 4 heterocycles. The van der Waals surface area contributed by atoms with E-state index >= 15 is 0 Å². The maximum atomic E-state index is 14.4. The van der Waals surface area contributed by atoms with E-state index in [4.69, 9.17) is 5.73 Å². The predicted molar refractivity (Wildman–Crippen MR) is 208 cm³/mol. The number of thioether (sulfide) groups is 1. The average Bonchev–Trinajstić information content (AvgIpc) is 3.74. The molecule has 10 unspecified atom stereocenters. The molecule has 1 fully saturated rings. The number of primary amides is 1. The fraction of sp³-hybridized carbons (Fsp3) is 0.568. The highest BCUT2D eigenvalue weighted by Gasteiger charge is 2.45. The monoisotopic (exact) mass is 845 g/mol. The highest BCUT2D eigenvalue weighted by atomic mass is 32.2. The Morgan fingerprint density at radius 1 is 0.898 bits per heavy atom. The van der Waals surface area contributed by atoms with Gasteiger partial charge in [-0.05, 0) is 31.4 Å². The van der Waals surface area contributed by atoms with Gasteiger partial charge in [0.05, 0.1) is 23.3 Å². The van der Waals surface area contributed by atoms with Crippen LogP contribution in [0.25, 0.3) is 10.9 Å². The summed E-state index contributed by atoms with van der Waals surface area (Å²) in [5.41, 5.74) is 4.47. The summed E-state index contributed by atoms with van der Waals surface area (Å²) in [6, 6.07) is -4.07. The Labute approximate surface area is 342 Å². The summed E-state index contributed by atoms with van der Waals surface area (Å²) in [5, 5.41) is 58.2. The van der Waals surface area contributed by atoms with Crippen molar-refractivity contribution < 1.29 is 58.8 Å². The number of rotatable bonds is 6. The first-order valence-corrected chi connectivity index (χ1v) is 20.0. The molecule has 13 N–H and O–H groups in total. The minimum absolute atomic E-state index is 0.243. The van der Waals surface area contributed by atoms with Crippen molar-refractivity contribution in [2.24, 2.45) is 11.7 Å². The number of para-hydroxylation sites is 1. The van der Waals surface area contributed by atoms with Gasteiger partial charge >= 0.3 is 0 Å². The first kappa shape index (κ1) is 44.8. The van der Waals surface area contributed by atoms with Gasteiger partial charge in [0.2, 0.25) is 47.3 Å². The van der Waals surface area contributed by atoms with E-state index in [1.54, 1.807) is 24.3 Å². The minimum Gasteiger partial charge on any atom is -0.393 e. The lowest BCUT2D eigenvalue weighted by atomic mass is 9.95. The fourth-order valence-corrected chi connectivity index (χ4v) is 8.27. The van der Waals surface area contributed by atoms with Gasteiger partial charge in [0.1, 0.15) is 42.3 Å². The molecule has 8 amide bonds. The number of carbonyl (C=O) groups excluding carboxylic acids is 8. The SMILES string of the molecule is CC1NC(=O)C2CC(O)CN2C(=O)C2CSc3[nH]c4ccccc4c3CC(NC1=O)C(=O)NC(CC(C)(O)CO)C(=O)NC(C(C)C)C(=O)NC(C(O)C(N)=O)C(=O)N2. The number of H-pyrrole nitrogens is 1. The average molecular weight is 846 g/mol. The van der Waals surface area contributed by atoms with E-state index in [2.05, 4.69) is 36.9 Å². The molecule has 3 aliphatic rings. The van der Waals surface area contributed by atoms with Crippen molar-refractivity contribution in [2.45, 2.75) is 112 Å². The number of amides is 8. The standard InChI is InChI=1S/C37H51N9O12S/c1-15(2)25-33(55)45-26(27(49)28(38)50)34(56)42-23-13-59-35-19(18-7-5-6-8-20(18)43-35)10-21(30(52)41-22(31(53)44-25)11-37(4,58)14-47)40-29(51)16(3)39-32(54)24-9-17(48)12-46(24)36(23)57/h5-8,15-17,21-27,43,47-49,58H,9-14H2,1-4H3,(H2,38,50)(H,39,54)(H,40,51)(H,41,52)(H,42,56)(H,44,53)(H,45,55). The molecular weight excluding hydrogens is 795 g/mol. The van der Waals surface area contributed by atoms with Gasteiger partial charge in [-0.3, -0.25) is 38.4 Å². The normalized spacial score (nSPS) is 29.5. The van der Waals surface area contributed by atoms with Crippen molar-refractivity contribution in [3.63, 3.8) is 0 Å². The molecule has 22 heteroatoms. The highest BCUT2D eigenvalue weighted by Crippen LogP contribution is 2.32. The number of nitrogens with two attached hydrogens (primary N) is 1. The number of nitrogens with zero attached hydrogens (tertiary/aromatic N) is 1. The van der Waals surface area contributed by atoms with Crippen molar-refractivity contribution in [1.29, 1.82) is 0 Å². The molecule has 1 saturated heterocycles. The van der Waals surface area contributed by atoms with Crippen LogP contribution in [0.4, 0.5) is 0 Å². The molecule has 0 saturated carbocycles. The van der Waals surface area contributed by atoms with Crippen LogP contribution in [0.5, 0.6) is 0 Å². The Morgan fingerprint density at radius 2 is 1.54 bits per heavy atom. The number of fused-ring (bicyclic) bond motifs is 5. The molecule has 2 aromatic rings. The number of hydrogen-bond donors (Lipinski definition) is 12.